The molecule has 0 spiro atoms. The Hall–Kier alpha value is -3.07. The number of amides is 1. The van der Waals surface area contributed by atoms with Crippen LogP contribution >= 0.6 is 0 Å². The average Bonchev–Trinajstić information content (AvgIpc) is 3.26. The van der Waals surface area contributed by atoms with Gasteiger partial charge >= 0.3 is 6.18 Å². The SMILES string of the molecule is Cc1oc2ccc(OC3CCc4cccnc43)cc2c1C(=O)NC(CO)CC(F)(F)F. The number of alkyl halides is 3. The third kappa shape index (κ3) is 4.51. The van der Waals surface area contributed by atoms with Crippen LogP contribution in [0, 0.1) is 6.92 Å². The number of nitrogens with zero attached hydrogens (tertiary/aromatic N) is 1. The first-order valence-electron chi connectivity index (χ1n) is 9.87. The minimum atomic E-state index is -4.51. The smallest absolute Gasteiger partial charge is 0.391 e. The normalized spacial score (nSPS) is 16.9. The summed E-state index contributed by atoms with van der Waals surface area (Å²) in [7, 11) is 0. The van der Waals surface area contributed by atoms with Crippen molar-refractivity contribution in [2.45, 2.75) is 44.5 Å². The van der Waals surface area contributed by atoms with E-state index in [1.165, 1.54) is 0 Å². The van der Waals surface area contributed by atoms with Crippen LogP contribution in [0.1, 0.15) is 46.3 Å². The molecule has 1 aliphatic rings. The summed E-state index contributed by atoms with van der Waals surface area (Å²) < 4.78 is 49.7. The summed E-state index contributed by atoms with van der Waals surface area (Å²) in [5, 5.41) is 11.9. The monoisotopic (exact) mass is 434 g/mol. The van der Waals surface area contributed by atoms with Gasteiger partial charge in [-0.2, -0.15) is 13.2 Å². The fraction of sp³-hybridized carbons (Fsp3) is 0.364. The summed E-state index contributed by atoms with van der Waals surface area (Å²) in [6, 6.07) is 7.45. The molecule has 164 valence electrons. The van der Waals surface area contributed by atoms with Gasteiger partial charge in [-0.1, -0.05) is 6.07 Å². The van der Waals surface area contributed by atoms with E-state index >= 15 is 0 Å². The molecule has 6 nitrogen and oxygen atoms in total. The third-order valence-corrected chi connectivity index (χ3v) is 5.28. The molecule has 0 aliphatic heterocycles. The molecule has 0 radical (unpaired) electrons. The van der Waals surface area contributed by atoms with E-state index < -0.39 is 31.2 Å². The van der Waals surface area contributed by atoms with Gasteiger partial charge in [0.25, 0.3) is 5.91 Å². The van der Waals surface area contributed by atoms with Gasteiger partial charge in [0.1, 0.15) is 23.2 Å². The van der Waals surface area contributed by atoms with Gasteiger partial charge < -0.3 is 19.6 Å². The zero-order valence-electron chi connectivity index (χ0n) is 16.7. The highest BCUT2D eigenvalue weighted by Gasteiger charge is 2.33. The van der Waals surface area contributed by atoms with Crippen molar-refractivity contribution in [3.63, 3.8) is 0 Å². The van der Waals surface area contributed by atoms with Crippen LogP contribution in [-0.4, -0.2) is 34.8 Å². The minimum Gasteiger partial charge on any atom is -0.484 e. The Morgan fingerprint density at radius 2 is 2.19 bits per heavy atom. The highest BCUT2D eigenvalue weighted by Crippen LogP contribution is 2.36. The van der Waals surface area contributed by atoms with Gasteiger partial charge in [0.05, 0.1) is 30.3 Å². The van der Waals surface area contributed by atoms with Crippen molar-refractivity contribution in [2.24, 2.45) is 0 Å². The van der Waals surface area contributed by atoms with Crippen molar-refractivity contribution in [1.29, 1.82) is 0 Å². The molecule has 3 aromatic rings. The van der Waals surface area contributed by atoms with Crippen LogP contribution < -0.4 is 10.1 Å². The predicted molar refractivity (Wildman–Crippen MR) is 106 cm³/mol. The number of nitrogens with one attached hydrogen (secondary N) is 1. The molecule has 2 aromatic heterocycles. The van der Waals surface area contributed by atoms with Crippen molar-refractivity contribution in [3.05, 3.63) is 59.1 Å². The van der Waals surface area contributed by atoms with Crippen molar-refractivity contribution in [2.75, 3.05) is 6.61 Å². The van der Waals surface area contributed by atoms with Crippen LogP contribution in [-0.2, 0) is 6.42 Å². The summed E-state index contributed by atoms with van der Waals surface area (Å²) in [6.07, 6.45) is -2.71. The number of rotatable bonds is 6. The molecule has 4 rings (SSSR count). The van der Waals surface area contributed by atoms with Crippen molar-refractivity contribution < 1.29 is 32.2 Å². The van der Waals surface area contributed by atoms with Gasteiger partial charge in [0.2, 0.25) is 0 Å². The largest absolute Gasteiger partial charge is 0.484 e. The third-order valence-electron chi connectivity index (χ3n) is 5.28. The molecule has 9 heteroatoms. The number of hydrogen-bond donors (Lipinski definition) is 2. The highest BCUT2D eigenvalue weighted by atomic mass is 19.4. The topological polar surface area (TPSA) is 84.6 Å². The summed E-state index contributed by atoms with van der Waals surface area (Å²) in [5.41, 5.74) is 2.54. The zero-order chi connectivity index (χ0) is 22.2. The number of aromatic nitrogens is 1. The van der Waals surface area contributed by atoms with Crippen LogP contribution in [0.3, 0.4) is 0 Å². The molecule has 0 bridgehead atoms. The lowest BCUT2D eigenvalue weighted by molar-refractivity contribution is -0.141. The van der Waals surface area contributed by atoms with Gasteiger partial charge in [0.15, 0.2) is 0 Å². The molecule has 2 heterocycles. The van der Waals surface area contributed by atoms with Crippen molar-refractivity contribution >= 4 is 16.9 Å². The summed E-state index contributed by atoms with van der Waals surface area (Å²) >= 11 is 0. The Morgan fingerprint density at radius 1 is 1.39 bits per heavy atom. The number of aryl methyl sites for hydroxylation is 2. The van der Waals surface area contributed by atoms with Gasteiger partial charge in [-0.05, 0) is 49.6 Å². The van der Waals surface area contributed by atoms with E-state index in [9.17, 15) is 23.1 Å². The van der Waals surface area contributed by atoms with Gasteiger partial charge in [-0.25, -0.2) is 0 Å². The number of hydrogen-bond acceptors (Lipinski definition) is 5. The number of pyridine rings is 1. The maximum atomic E-state index is 12.7. The second-order valence-electron chi connectivity index (χ2n) is 7.56. The maximum absolute atomic E-state index is 12.7. The van der Waals surface area contributed by atoms with Crippen molar-refractivity contribution in [1.82, 2.24) is 10.3 Å². The Balaban J connectivity index is 1.59. The molecule has 1 amide bonds. The molecule has 1 aromatic carbocycles. The second-order valence-corrected chi connectivity index (χ2v) is 7.56. The first-order chi connectivity index (χ1) is 14.7. The number of carbonyl (C=O) groups is 1. The van der Waals surface area contributed by atoms with E-state index in [0.717, 1.165) is 24.1 Å². The molecule has 2 unspecified atom stereocenters. The molecule has 2 N–H and O–H groups in total. The molecular weight excluding hydrogens is 413 g/mol. The molecular formula is C22H21F3N2O4. The second kappa shape index (κ2) is 8.22. The zero-order valence-corrected chi connectivity index (χ0v) is 16.7. The van der Waals surface area contributed by atoms with Gasteiger partial charge in [-0.3, -0.25) is 9.78 Å². The number of furan rings is 1. The van der Waals surface area contributed by atoms with Crippen LogP contribution in [0.25, 0.3) is 11.0 Å². The lowest BCUT2D eigenvalue weighted by Crippen LogP contribution is -2.40. The minimum absolute atomic E-state index is 0.117. The Bertz CT molecular complexity index is 1110. The number of halogens is 3. The van der Waals surface area contributed by atoms with E-state index in [-0.39, 0.29) is 17.4 Å². The molecule has 2 atom stereocenters. The van der Waals surface area contributed by atoms with Crippen molar-refractivity contribution in [3.8, 4) is 5.75 Å². The van der Waals surface area contributed by atoms with E-state index in [1.54, 1.807) is 31.3 Å². The van der Waals surface area contributed by atoms with E-state index in [0.29, 0.717) is 16.7 Å². The number of aliphatic hydroxyl groups excluding tert-OH is 1. The van der Waals surface area contributed by atoms with Crippen LogP contribution in [0.5, 0.6) is 5.75 Å². The lowest BCUT2D eigenvalue weighted by Gasteiger charge is -2.18. The Labute approximate surface area is 176 Å². The first kappa shape index (κ1) is 21.2. The highest BCUT2D eigenvalue weighted by molar-refractivity contribution is 6.07. The van der Waals surface area contributed by atoms with Crippen LogP contribution in [0.15, 0.2) is 40.9 Å². The van der Waals surface area contributed by atoms with E-state index in [4.69, 9.17) is 9.15 Å². The number of aliphatic hydroxyl groups is 1. The molecule has 0 fully saturated rings. The molecule has 1 aliphatic carbocycles. The molecule has 0 saturated carbocycles. The molecule has 31 heavy (non-hydrogen) atoms. The number of ether oxygens (including phenoxy) is 1. The fourth-order valence-corrected chi connectivity index (χ4v) is 3.91. The Morgan fingerprint density at radius 3 is 2.94 bits per heavy atom. The number of carbonyl (C=O) groups excluding carboxylic acids is 1. The number of benzene rings is 1. The van der Waals surface area contributed by atoms with Crippen LogP contribution in [0.2, 0.25) is 0 Å². The standard InChI is InChI=1S/C22H21F3N2O4/c1-12-19(21(29)27-14(11-28)10-22(23,24)25)16-9-15(5-7-17(16)30-12)31-18-6-4-13-3-2-8-26-20(13)18/h2-3,5,7-9,14,18,28H,4,6,10-11H2,1H3,(H,27,29). The maximum Gasteiger partial charge on any atom is 0.391 e. The van der Waals surface area contributed by atoms with E-state index in [2.05, 4.69) is 10.3 Å². The Kier molecular flexibility index (Phi) is 5.62. The quantitative estimate of drug-likeness (QED) is 0.606. The molecule has 0 saturated heterocycles. The van der Waals surface area contributed by atoms with Gasteiger partial charge in [-0.15, -0.1) is 0 Å². The summed E-state index contributed by atoms with van der Waals surface area (Å²) in [5.74, 6) is 0.0191. The summed E-state index contributed by atoms with van der Waals surface area (Å²) in [6.45, 7) is 0.729. The summed E-state index contributed by atoms with van der Waals surface area (Å²) in [4.78, 5) is 17.1. The van der Waals surface area contributed by atoms with Gasteiger partial charge in [0, 0.05) is 11.6 Å². The number of fused-ring (bicyclic) bond motifs is 2. The fourth-order valence-electron chi connectivity index (χ4n) is 3.91. The van der Waals surface area contributed by atoms with E-state index in [1.807, 2.05) is 12.1 Å². The lowest BCUT2D eigenvalue weighted by atomic mass is 10.1. The van der Waals surface area contributed by atoms with Crippen LogP contribution in [0.4, 0.5) is 13.2 Å². The average molecular weight is 434 g/mol. The predicted octanol–water partition coefficient (Wildman–Crippen LogP) is 4.25. The first-order valence-corrected chi connectivity index (χ1v) is 9.87.